The number of carbonyl (C=O) groups excluding carboxylic acids is 4. The number of nitrogens with zero attached hydrogens (tertiary/aromatic N) is 4. The number of aryl methyl sites for hydroxylation is 2. The maximum Gasteiger partial charge on any atom is 0.242 e. The number of aromatic nitrogens is 2. The highest BCUT2D eigenvalue weighted by Crippen LogP contribution is 2.65. The summed E-state index contributed by atoms with van der Waals surface area (Å²) in [6.07, 6.45) is 2.50. The van der Waals surface area contributed by atoms with E-state index in [0.717, 1.165) is 31.7 Å². The van der Waals surface area contributed by atoms with Crippen molar-refractivity contribution in [2.75, 3.05) is 11.5 Å². The second-order valence-corrected chi connectivity index (χ2v) is 16.7. The number of phenolic OH excluding ortho intramolecular Hbond substituents is 1. The van der Waals surface area contributed by atoms with E-state index in [-0.39, 0.29) is 36.3 Å². The van der Waals surface area contributed by atoms with E-state index < -0.39 is 46.8 Å². The Kier molecular flexibility index (Phi) is 8.32. The molecule has 2 saturated heterocycles. The first-order chi connectivity index (χ1) is 26.4. The summed E-state index contributed by atoms with van der Waals surface area (Å²) in [5.41, 5.74) is 2.36. The molecule has 2 aliphatic carbocycles. The minimum atomic E-state index is -1.35. The number of benzene rings is 3. The van der Waals surface area contributed by atoms with Crippen LogP contribution in [0.2, 0.25) is 5.02 Å². The minimum Gasteiger partial charge on any atom is -0.504 e. The van der Waals surface area contributed by atoms with Gasteiger partial charge in [-0.1, -0.05) is 65.7 Å². The number of para-hydroxylation sites is 1. The van der Waals surface area contributed by atoms with Gasteiger partial charge in [0.25, 0.3) is 0 Å². The van der Waals surface area contributed by atoms with Crippen molar-refractivity contribution >= 4 is 62.5 Å². The number of hydrogen-bond acceptors (Lipinski definition) is 8. The molecule has 4 aliphatic rings. The number of fused-ring (bicyclic) bond motifs is 5. The van der Waals surface area contributed by atoms with Gasteiger partial charge in [-0.05, 0) is 80.3 Å². The van der Waals surface area contributed by atoms with Crippen LogP contribution in [0.25, 0.3) is 20.7 Å². The maximum absolute atomic E-state index is 15.2. The molecule has 0 spiro atoms. The number of ether oxygens (including phenoxy) is 1. The number of imide groups is 2. The highest BCUT2D eigenvalue weighted by Gasteiger charge is 2.68. The quantitative estimate of drug-likeness (QED) is 0.132. The first kappa shape index (κ1) is 35.4. The standard InChI is InChI=1S/C43H39ClN4O6S/c1-5-54-32-13-9-12-27(37(32)49)36-25-15-16-26-35(41(52)47(39(26)50)21-23-10-7-6-8-11-23)29(25)19-30-40(51)48(42(53)43(30,36)3)34-20-31(45-46(34)4)38-22(2)28-18-24(44)14-17-33(28)55-38/h6-15,17-18,20,26,29-30,35-36,49H,5,16,19,21H2,1-4H3. The number of aromatic hydroxyl groups is 1. The molecule has 3 aromatic carbocycles. The Bertz CT molecular complexity index is 2490. The smallest absolute Gasteiger partial charge is 0.242 e. The number of anilines is 1. The molecule has 10 nitrogen and oxygen atoms in total. The third kappa shape index (κ3) is 5.15. The average molecular weight is 775 g/mol. The maximum atomic E-state index is 15.2. The van der Waals surface area contributed by atoms with Crippen molar-refractivity contribution in [1.82, 2.24) is 14.7 Å². The topological polar surface area (TPSA) is 122 Å². The largest absolute Gasteiger partial charge is 0.504 e. The van der Waals surface area contributed by atoms with Crippen LogP contribution in [0.3, 0.4) is 0 Å². The van der Waals surface area contributed by atoms with Gasteiger partial charge in [-0.3, -0.25) is 28.8 Å². The van der Waals surface area contributed by atoms with Crippen molar-refractivity contribution in [1.29, 1.82) is 0 Å². The summed E-state index contributed by atoms with van der Waals surface area (Å²) in [6, 6.07) is 22.2. The molecule has 4 amide bonds. The van der Waals surface area contributed by atoms with Gasteiger partial charge in [-0.25, -0.2) is 4.90 Å². The van der Waals surface area contributed by atoms with Gasteiger partial charge >= 0.3 is 0 Å². The van der Waals surface area contributed by atoms with Gasteiger partial charge in [0, 0.05) is 34.3 Å². The highest BCUT2D eigenvalue weighted by atomic mass is 35.5. The van der Waals surface area contributed by atoms with Crippen LogP contribution in [-0.2, 0) is 32.8 Å². The number of amides is 4. The molecule has 5 aromatic rings. The Morgan fingerprint density at radius 2 is 1.76 bits per heavy atom. The van der Waals surface area contributed by atoms with E-state index in [4.69, 9.17) is 21.4 Å². The van der Waals surface area contributed by atoms with Crippen LogP contribution in [0.15, 0.2) is 84.4 Å². The van der Waals surface area contributed by atoms with E-state index >= 15 is 4.79 Å². The van der Waals surface area contributed by atoms with Crippen LogP contribution in [0.1, 0.15) is 49.3 Å². The zero-order chi connectivity index (χ0) is 38.5. The summed E-state index contributed by atoms with van der Waals surface area (Å²) in [5, 5.41) is 18.2. The summed E-state index contributed by atoms with van der Waals surface area (Å²) in [4.78, 5) is 61.9. The number of halogens is 1. The van der Waals surface area contributed by atoms with Crippen molar-refractivity contribution in [3.8, 4) is 22.1 Å². The monoisotopic (exact) mass is 774 g/mol. The fraction of sp³-hybridized carbons (Fsp3) is 0.326. The molecule has 9 rings (SSSR count). The first-order valence-electron chi connectivity index (χ1n) is 18.6. The molecular formula is C43H39ClN4O6S. The summed E-state index contributed by atoms with van der Waals surface area (Å²) < 4.78 is 8.41. The molecule has 2 aromatic heterocycles. The second-order valence-electron chi connectivity index (χ2n) is 15.2. The van der Waals surface area contributed by atoms with E-state index in [9.17, 15) is 19.5 Å². The van der Waals surface area contributed by atoms with E-state index in [1.165, 1.54) is 9.80 Å². The lowest BCUT2D eigenvalue weighted by molar-refractivity contribution is -0.141. The second kappa shape index (κ2) is 12.9. The predicted octanol–water partition coefficient (Wildman–Crippen LogP) is 7.80. The molecule has 2 aliphatic heterocycles. The molecule has 6 atom stereocenters. The summed E-state index contributed by atoms with van der Waals surface area (Å²) >= 11 is 7.89. The Labute approximate surface area is 326 Å². The Balaban J connectivity index is 1.15. The SMILES string of the molecule is CCOc1cccc(C2C3=CCC4C(=O)N(Cc5ccccc5)C(=O)C4C3CC3C(=O)N(c4cc(-c5sc6ccc(Cl)cc6c5C)nn4C)C(=O)C32C)c1O. The number of rotatable bonds is 7. The van der Waals surface area contributed by atoms with Gasteiger partial charge in [-0.2, -0.15) is 5.10 Å². The molecule has 0 radical (unpaired) electrons. The molecule has 1 N–H and O–H groups in total. The zero-order valence-corrected chi connectivity index (χ0v) is 32.4. The van der Waals surface area contributed by atoms with Crippen molar-refractivity contribution in [3.63, 3.8) is 0 Å². The van der Waals surface area contributed by atoms with E-state index in [0.29, 0.717) is 35.1 Å². The number of thiophene rings is 1. The minimum absolute atomic E-state index is 0.112. The third-order valence-electron chi connectivity index (χ3n) is 12.4. The fourth-order valence-electron chi connectivity index (χ4n) is 9.82. The van der Waals surface area contributed by atoms with E-state index in [1.54, 1.807) is 54.3 Å². The zero-order valence-electron chi connectivity index (χ0n) is 30.8. The Morgan fingerprint density at radius 1 is 0.982 bits per heavy atom. The van der Waals surface area contributed by atoms with Gasteiger partial charge in [-0.15, -0.1) is 11.3 Å². The van der Waals surface area contributed by atoms with Crippen molar-refractivity contribution in [2.24, 2.45) is 36.1 Å². The summed E-state index contributed by atoms with van der Waals surface area (Å²) in [6.45, 7) is 6.11. The molecule has 12 heteroatoms. The molecule has 0 bridgehead atoms. The molecule has 1 saturated carbocycles. The van der Waals surface area contributed by atoms with E-state index in [1.807, 2.05) is 68.5 Å². The number of hydrogen-bond donors (Lipinski definition) is 1. The van der Waals surface area contributed by atoms with Crippen LogP contribution >= 0.6 is 22.9 Å². The summed E-state index contributed by atoms with van der Waals surface area (Å²) in [7, 11) is 1.72. The van der Waals surface area contributed by atoms with Crippen LogP contribution in [0, 0.1) is 36.0 Å². The van der Waals surface area contributed by atoms with Crippen molar-refractivity contribution in [3.05, 3.63) is 106 Å². The van der Waals surface area contributed by atoms with Crippen molar-refractivity contribution in [2.45, 2.75) is 46.1 Å². The van der Waals surface area contributed by atoms with E-state index in [2.05, 4.69) is 0 Å². The van der Waals surface area contributed by atoms with Crippen LogP contribution < -0.4 is 9.64 Å². The number of phenols is 1. The molecule has 6 unspecified atom stereocenters. The van der Waals surface area contributed by atoms with Crippen molar-refractivity contribution < 1.29 is 29.0 Å². The highest BCUT2D eigenvalue weighted by molar-refractivity contribution is 7.22. The molecule has 55 heavy (non-hydrogen) atoms. The number of allylic oxidation sites excluding steroid dienone is 2. The Hall–Kier alpha value is -5.26. The normalized spacial score (nSPS) is 26.1. The third-order valence-corrected chi connectivity index (χ3v) is 13.9. The average Bonchev–Trinajstić information content (AvgIpc) is 3.84. The van der Waals surface area contributed by atoms with Gasteiger partial charge in [0.15, 0.2) is 11.5 Å². The first-order valence-corrected chi connectivity index (χ1v) is 19.8. The van der Waals surface area contributed by atoms with Gasteiger partial charge in [0.1, 0.15) is 11.5 Å². The molecule has 280 valence electrons. The summed E-state index contributed by atoms with van der Waals surface area (Å²) in [5.74, 6) is -4.26. The van der Waals surface area contributed by atoms with Crippen LogP contribution in [0.5, 0.6) is 11.5 Å². The van der Waals surface area contributed by atoms with Crippen LogP contribution in [0.4, 0.5) is 5.82 Å². The number of likely N-dealkylation sites (tertiary alicyclic amines) is 1. The predicted molar refractivity (Wildman–Crippen MR) is 210 cm³/mol. The lowest BCUT2D eigenvalue weighted by atomic mass is 9.51. The lowest BCUT2D eigenvalue weighted by Crippen LogP contribution is -2.49. The van der Waals surface area contributed by atoms with Crippen LogP contribution in [-0.4, -0.2) is 50.0 Å². The fourth-order valence-corrected chi connectivity index (χ4v) is 11.1. The molecule has 4 heterocycles. The van der Waals surface area contributed by atoms with Gasteiger partial charge in [0.05, 0.1) is 41.2 Å². The lowest BCUT2D eigenvalue weighted by Gasteiger charge is -2.49. The van der Waals surface area contributed by atoms with Gasteiger partial charge < -0.3 is 9.84 Å². The van der Waals surface area contributed by atoms with Gasteiger partial charge in [0.2, 0.25) is 23.6 Å². The molecule has 3 fully saturated rings. The molecular weight excluding hydrogens is 736 g/mol. The number of carbonyl (C=O) groups is 4. The Morgan fingerprint density at radius 3 is 2.53 bits per heavy atom.